The van der Waals surface area contributed by atoms with Gasteiger partial charge in [-0.1, -0.05) is 36.7 Å². The van der Waals surface area contributed by atoms with Gasteiger partial charge in [0.2, 0.25) is 10.0 Å². The molecule has 2 aliphatic heterocycles. The average Bonchev–Trinajstić information content (AvgIpc) is 3.19. The average molecular weight is 691 g/mol. The summed E-state index contributed by atoms with van der Waals surface area (Å²) in [5.74, 6) is -0.208. The number of hydrogen-bond donors (Lipinski definition) is 2. The molecule has 1 saturated carbocycles. The molecule has 2 aliphatic carbocycles. The van der Waals surface area contributed by atoms with Crippen molar-refractivity contribution in [2.45, 2.75) is 75.1 Å². The first-order valence-electron chi connectivity index (χ1n) is 17.0. The van der Waals surface area contributed by atoms with Gasteiger partial charge in [0.25, 0.3) is 5.91 Å². The van der Waals surface area contributed by atoms with Crippen molar-refractivity contribution in [2.75, 3.05) is 24.6 Å². The molecule has 0 radical (unpaired) electrons. The summed E-state index contributed by atoms with van der Waals surface area (Å²) >= 11 is 6.44. The number of hydrogen-bond acceptors (Lipinski definition) is 8. The molecule has 6 atom stereocenters. The van der Waals surface area contributed by atoms with Gasteiger partial charge < -0.3 is 14.7 Å². The second-order valence-corrected chi connectivity index (χ2v) is 16.9. The van der Waals surface area contributed by atoms with E-state index in [1.165, 1.54) is 17.5 Å². The lowest BCUT2D eigenvalue weighted by Gasteiger charge is -2.49. The molecule has 1 spiro atoms. The Morgan fingerprint density at radius 3 is 2.77 bits per heavy atom. The fourth-order valence-corrected chi connectivity index (χ4v) is 9.76. The molecule has 1 amide bonds. The quantitative estimate of drug-likeness (QED) is 0.331. The second kappa shape index (κ2) is 12.8. The number of aromatic nitrogens is 2. The Hall–Kier alpha value is -3.47. The SMILES string of the molecule is C[C@@H]1[C@@H](C)C/C=C\[C@@](O)(Cc2ccncn2)[C@@H]2CC[C@H]2CN2C[C@@]3(CCCc4cc(Cl)ccc43)COc3ccc(cc32)C(=O)NS1(=O)=O. The number of ether oxygens (including phenoxy) is 1. The summed E-state index contributed by atoms with van der Waals surface area (Å²) < 4.78 is 35.8. The number of benzene rings is 2. The van der Waals surface area contributed by atoms with Gasteiger partial charge in [0.05, 0.1) is 23.1 Å². The van der Waals surface area contributed by atoms with Gasteiger partial charge in [0, 0.05) is 47.4 Å². The predicted molar refractivity (Wildman–Crippen MR) is 186 cm³/mol. The third-order valence-electron chi connectivity index (χ3n) is 11.4. The number of carbonyl (C=O) groups is 1. The van der Waals surface area contributed by atoms with E-state index in [2.05, 4.69) is 31.7 Å². The summed E-state index contributed by atoms with van der Waals surface area (Å²) in [4.78, 5) is 24.3. The highest BCUT2D eigenvalue weighted by molar-refractivity contribution is 7.90. The number of aliphatic hydroxyl groups is 1. The Labute approximate surface area is 287 Å². The largest absolute Gasteiger partial charge is 0.490 e. The van der Waals surface area contributed by atoms with Gasteiger partial charge >= 0.3 is 0 Å². The Morgan fingerprint density at radius 2 is 2.00 bits per heavy atom. The monoisotopic (exact) mass is 690 g/mol. The second-order valence-electron chi connectivity index (χ2n) is 14.4. The van der Waals surface area contributed by atoms with Crippen LogP contribution in [0.15, 0.2) is 67.1 Å². The molecule has 7 rings (SSSR count). The van der Waals surface area contributed by atoms with Crippen LogP contribution < -0.4 is 14.4 Å². The maximum absolute atomic E-state index is 13.5. The summed E-state index contributed by atoms with van der Waals surface area (Å²) in [5.41, 5.74) is 2.73. The third-order valence-corrected chi connectivity index (χ3v) is 13.5. The molecule has 0 saturated heterocycles. The van der Waals surface area contributed by atoms with Crippen molar-refractivity contribution in [1.29, 1.82) is 0 Å². The lowest BCUT2D eigenvalue weighted by Crippen LogP contribution is -2.53. The van der Waals surface area contributed by atoms with Gasteiger partial charge in [-0.25, -0.2) is 23.1 Å². The van der Waals surface area contributed by atoms with Crippen LogP contribution in [0.1, 0.15) is 73.1 Å². The fraction of sp³-hybridized carbons (Fsp3) is 0.486. The lowest BCUT2D eigenvalue weighted by molar-refractivity contribution is -0.0453. The molecule has 2 aromatic carbocycles. The summed E-state index contributed by atoms with van der Waals surface area (Å²) in [6, 6.07) is 13.2. The first kappa shape index (κ1) is 33.0. The minimum atomic E-state index is -3.99. The van der Waals surface area contributed by atoms with Crippen LogP contribution >= 0.6 is 11.6 Å². The zero-order valence-corrected chi connectivity index (χ0v) is 29.0. The van der Waals surface area contributed by atoms with Crippen molar-refractivity contribution >= 4 is 33.2 Å². The van der Waals surface area contributed by atoms with E-state index >= 15 is 0 Å². The van der Waals surface area contributed by atoms with Crippen molar-refractivity contribution in [3.8, 4) is 5.75 Å². The number of aryl methyl sites for hydroxylation is 1. The molecular formula is C37H43ClN4O5S. The third kappa shape index (κ3) is 6.23. The van der Waals surface area contributed by atoms with E-state index in [-0.39, 0.29) is 28.7 Å². The first-order valence-corrected chi connectivity index (χ1v) is 18.9. The molecular weight excluding hydrogens is 648 g/mol. The highest BCUT2D eigenvalue weighted by Crippen LogP contribution is 2.49. The van der Waals surface area contributed by atoms with Crippen LogP contribution in [0, 0.1) is 17.8 Å². The minimum Gasteiger partial charge on any atom is -0.490 e. The molecule has 3 aromatic rings. The summed E-state index contributed by atoms with van der Waals surface area (Å²) in [6.45, 7) is 5.23. The number of allylic oxidation sites excluding steroid dienone is 1. The predicted octanol–water partition coefficient (Wildman–Crippen LogP) is 5.65. The maximum atomic E-state index is 13.5. The van der Waals surface area contributed by atoms with Crippen LogP contribution in [0.4, 0.5) is 5.69 Å². The van der Waals surface area contributed by atoms with Crippen molar-refractivity contribution < 1.29 is 23.1 Å². The van der Waals surface area contributed by atoms with Gasteiger partial charge in [-0.15, -0.1) is 0 Å². The number of carbonyl (C=O) groups excluding carboxylic acids is 1. The number of halogens is 1. The van der Waals surface area contributed by atoms with Crippen LogP contribution in [0.2, 0.25) is 5.02 Å². The number of nitrogens with zero attached hydrogens (tertiary/aromatic N) is 3. The Bertz CT molecular complexity index is 1840. The topological polar surface area (TPSA) is 122 Å². The van der Waals surface area contributed by atoms with E-state index in [1.807, 2.05) is 31.2 Å². The summed E-state index contributed by atoms with van der Waals surface area (Å²) in [6.07, 6.45) is 12.4. The fourth-order valence-electron chi connectivity index (χ4n) is 8.28. The van der Waals surface area contributed by atoms with Crippen LogP contribution in [0.3, 0.4) is 0 Å². The van der Waals surface area contributed by atoms with Gasteiger partial charge in [-0.05, 0) is 111 Å². The molecule has 2 bridgehead atoms. The molecule has 254 valence electrons. The van der Waals surface area contributed by atoms with Gasteiger partial charge in [0.1, 0.15) is 12.1 Å². The Morgan fingerprint density at radius 1 is 1.15 bits per heavy atom. The normalized spacial score (nSPS) is 32.1. The smallest absolute Gasteiger partial charge is 0.264 e. The summed E-state index contributed by atoms with van der Waals surface area (Å²) in [7, 11) is -3.99. The van der Waals surface area contributed by atoms with E-state index in [1.54, 1.807) is 31.3 Å². The van der Waals surface area contributed by atoms with Gasteiger partial charge in [0.15, 0.2) is 0 Å². The van der Waals surface area contributed by atoms with Crippen LogP contribution in [0.25, 0.3) is 0 Å². The van der Waals surface area contributed by atoms with Gasteiger partial charge in [-0.3, -0.25) is 4.79 Å². The highest BCUT2D eigenvalue weighted by Gasteiger charge is 2.48. The lowest BCUT2D eigenvalue weighted by atomic mass is 9.62. The maximum Gasteiger partial charge on any atom is 0.264 e. The Kier molecular flexibility index (Phi) is 8.79. The van der Waals surface area contributed by atoms with Crippen LogP contribution in [-0.2, 0) is 28.3 Å². The van der Waals surface area contributed by atoms with Crippen molar-refractivity contribution in [2.24, 2.45) is 17.8 Å². The molecule has 48 heavy (non-hydrogen) atoms. The molecule has 9 nitrogen and oxygen atoms in total. The summed E-state index contributed by atoms with van der Waals surface area (Å²) in [5, 5.41) is 12.3. The molecule has 4 aliphatic rings. The van der Waals surface area contributed by atoms with E-state index in [0.717, 1.165) is 48.5 Å². The van der Waals surface area contributed by atoms with Crippen LogP contribution in [-0.4, -0.2) is 59.9 Å². The molecule has 0 unspecified atom stereocenters. The first-order chi connectivity index (χ1) is 23.0. The molecule has 3 heterocycles. The van der Waals surface area contributed by atoms with Gasteiger partial charge in [-0.2, -0.15) is 0 Å². The van der Waals surface area contributed by atoms with E-state index < -0.39 is 26.8 Å². The molecule has 1 fully saturated rings. The standard InChI is InChI=1S/C37H43ClN4O5S/c1-24-5-3-15-37(44,19-30-13-16-39-23-40-30)32-10-7-28(32)20-42-21-36(14-4-6-26-17-29(38)9-11-31(26)36)22-47-34-12-8-27(18-33(34)42)35(43)41-48(45,46)25(24)2/h3,8-9,11-13,15-18,23-25,28,32,44H,4-7,10,14,19-22H2,1-2H3,(H,41,43)/b15-3-/t24-,25+,28-,32+,36-,37+/m0/s1. The number of fused-ring (bicyclic) bond motifs is 4. The van der Waals surface area contributed by atoms with E-state index in [4.69, 9.17) is 16.3 Å². The molecule has 11 heteroatoms. The minimum absolute atomic E-state index is 0.0550. The van der Waals surface area contributed by atoms with Crippen molar-refractivity contribution in [1.82, 2.24) is 14.7 Å². The zero-order valence-electron chi connectivity index (χ0n) is 27.4. The molecule has 2 N–H and O–H groups in total. The Balaban J connectivity index is 1.32. The number of rotatable bonds is 2. The molecule has 1 aromatic heterocycles. The number of amides is 1. The highest BCUT2D eigenvalue weighted by atomic mass is 35.5. The zero-order chi connectivity index (χ0) is 33.7. The van der Waals surface area contributed by atoms with Crippen molar-refractivity contribution in [3.05, 3.63) is 94.5 Å². The number of sulfonamides is 1. The van der Waals surface area contributed by atoms with Crippen LogP contribution in [0.5, 0.6) is 5.75 Å². The van der Waals surface area contributed by atoms with E-state index in [9.17, 15) is 18.3 Å². The van der Waals surface area contributed by atoms with Crippen molar-refractivity contribution in [3.63, 3.8) is 0 Å². The number of anilines is 1. The van der Waals surface area contributed by atoms with E-state index in [0.29, 0.717) is 38.3 Å². The number of nitrogens with one attached hydrogen (secondary N) is 1.